The summed E-state index contributed by atoms with van der Waals surface area (Å²) in [6.45, 7) is 4.05. The highest BCUT2D eigenvalue weighted by molar-refractivity contribution is 9.10. The summed E-state index contributed by atoms with van der Waals surface area (Å²) >= 11 is 3.44. The van der Waals surface area contributed by atoms with Crippen LogP contribution in [0.3, 0.4) is 0 Å². The number of hydrazine groups is 1. The SMILES string of the molecule is Cc1cc(NN)c(C)cc1Br. The molecule has 0 aliphatic carbocycles. The predicted octanol–water partition coefficient (Wildman–Crippen LogP) is 2.35. The Morgan fingerprint density at radius 3 is 2.45 bits per heavy atom. The topological polar surface area (TPSA) is 38.0 Å². The van der Waals surface area contributed by atoms with Gasteiger partial charge in [-0.1, -0.05) is 15.9 Å². The van der Waals surface area contributed by atoms with Crippen LogP contribution in [0, 0.1) is 13.8 Å². The highest BCUT2D eigenvalue weighted by atomic mass is 79.9. The molecule has 60 valence electrons. The van der Waals surface area contributed by atoms with E-state index in [1.165, 1.54) is 5.56 Å². The standard InChI is InChI=1S/C8H11BrN2/c1-5-4-8(11-10)6(2)3-7(5)9/h3-4,11H,10H2,1-2H3. The van der Waals surface area contributed by atoms with Gasteiger partial charge in [0.05, 0.1) is 5.69 Å². The van der Waals surface area contributed by atoms with E-state index in [1.54, 1.807) is 0 Å². The lowest BCUT2D eigenvalue weighted by Gasteiger charge is -2.06. The maximum absolute atomic E-state index is 5.30. The molecule has 0 fully saturated rings. The van der Waals surface area contributed by atoms with Crippen LogP contribution in [0.1, 0.15) is 11.1 Å². The molecule has 0 bridgehead atoms. The van der Waals surface area contributed by atoms with Gasteiger partial charge in [0, 0.05) is 4.47 Å². The largest absolute Gasteiger partial charge is 0.324 e. The van der Waals surface area contributed by atoms with Crippen molar-refractivity contribution in [2.24, 2.45) is 5.84 Å². The first-order valence-electron chi connectivity index (χ1n) is 3.38. The van der Waals surface area contributed by atoms with E-state index in [9.17, 15) is 0 Å². The van der Waals surface area contributed by atoms with Crippen molar-refractivity contribution in [3.05, 3.63) is 27.7 Å². The first kappa shape index (κ1) is 8.56. The van der Waals surface area contributed by atoms with Gasteiger partial charge in [-0.2, -0.15) is 0 Å². The second kappa shape index (κ2) is 3.24. The fourth-order valence-corrected chi connectivity index (χ4v) is 1.39. The molecule has 1 rings (SSSR count). The molecule has 0 aliphatic heterocycles. The highest BCUT2D eigenvalue weighted by Crippen LogP contribution is 2.23. The van der Waals surface area contributed by atoms with Gasteiger partial charge < -0.3 is 5.43 Å². The molecule has 3 heteroatoms. The van der Waals surface area contributed by atoms with E-state index in [0.717, 1.165) is 15.7 Å². The van der Waals surface area contributed by atoms with E-state index >= 15 is 0 Å². The van der Waals surface area contributed by atoms with Gasteiger partial charge in [-0.05, 0) is 37.1 Å². The van der Waals surface area contributed by atoms with E-state index in [-0.39, 0.29) is 0 Å². The second-order valence-corrected chi connectivity index (χ2v) is 3.41. The molecule has 3 N–H and O–H groups in total. The van der Waals surface area contributed by atoms with Crippen molar-refractivity contribution in [2.45, 2.75) is 13.8 Å². The van der Waals surface area contributed by atoms with Crippen LogP contribution in [-0.4, -0.2) is 0 Å². The minimum absolute atomic E-state index is 0.978. The van der Waals surface area contributed by atoms with E-state index in [1.807, 2.05) is 26.0 Å². The third kappa shape index (κ3) is 1.73. The Morgan fingerprint density at radius 1 is 1.27 bits per heavy atom. The second-order valence-electron chi connectivity index (χ2n) is 2.56. The molecule has 2 nitrogen and oxygen atoms in total. The third-order valence-electron chi connectivity index (χ3n) is 1.66. The van der Waals surface area contributed by atoms with Gasteiger partial charge in [0.2, 0.25) is 0 Å². The summed E-state index contributed by atoms with van der Waals surface area (Å²) in [5, 5.41) is 0. The summed E-state index contributed by atoms with van der Waals surface area (Å²) in [6, 6.07) is 4.06. The average Bonchev–Trinajstić information content (AvgIpc) is 1.97. The summed E-state index contributed by atoms with van der Waals surface area (Å²) in [4.78, 5) is 0. The van der Waals surface area contributed by atoms with Gasteiger partial charge in [-0.3, -0.25) is 5.84 Å². The van der Waals surface area contributed by atoms with Crippen molar-refractivity contribution in [2.75, 3.05) is 5.43 Å². The number of halogens is 1. The Labute approximate surface area is 74.9 Å². The van der Waals surface area contributed by atoms with Crippen molar-refractivity contribution in [3.8, 4) is 0 Å². The Hall–Kier alpha value is -0.540. The molecule has 0 atom stereocenters. The number of hydrogen-bond donors (Lipinski definition) is 2. The van der Waals surface area contributed by atoms with Crippen molar-refractivity contribution in [3.63, 3.8) is 0 Å². The lowest BCUT2D eigenvalue weighted by atomic mass is 10.1. The molecule has 11 heavy (non-hydrogen) atoms. The van der Waals surface area contributed by atoms with Crippen molar-refractivity contribution < 1.29 is 0 Å². The zero-order valence-electron chi connectivity index (χ0n) is 6.61. The van der Waals surface area contributed by atoms with Crippen LogP contribution >= 0.6 is 15.9 Å². The number of nitrogen functional groups attached to an aromatic ring is 1. The van der Waals surface area contributed by atoms with Crippen LogP contribution in [0.4, 0.5) is 5.69 Å². The zero-order chi connectivity index (χ0) is 8.43. The minimum Gasteiger partial charge on any atom is -0.324 e. The summed E-state index contributed by atoms with van der Waals surface area (Å²) < 4.78 is 1.12. The maximum Gasteiger partial charge on any atom is 0.0517 e. The first-order valence-corrected chi connectivity index (χ1v) is 4.18. The number of nitrogens with one attached hydrogen (secondary N) is 1. The molecule has 1 aromatic carbocycles. The van der Waals surface area contributed by atoms with Crippen molar-refractivity contribution in [1.29, 1.82) is 0 Å². The number of anilines is 1. The van der Waals surface area contributed by atoms with Gasteiger partial charge in [0.15, 0.2) is 0 Å². The number of hydrogen-bond acceptors (Lipinski definition) is 2. The van der Waals surface area contributed by atoms with Gasteiger partial charge in [-0.15, -0.1) is 0 Å². The first-order chi connectivity index (χ1) is 5.15. The normalized spacial score (nSPS) is 9.82. The summed E-state index contributed by atoms with van der Waals surface area (Å²) in [5.74, 6) is 5.30. The van der Waals surface area contributed by atoms with Gasteiger partial charge in [0.25, 0.3) is 0 Å². The summed E-state index contributed by atoms with van der Waals surface area (Å²) in [7, 11) is 0. The molecule has 0 unspecified atom stereocenters. The van der Waals surface area contributed by atoms with Crippen LogP contribution in [0.2, 0.25) is 0 Å². The smallest absolute Gasteiger partial charge is 0.0517 e. The highest BCUT2D eigenvalue weighted by Gasteiger charge is 1.99. The number of rotatable bonds is 1. The fraction of sp³-hybridized carbons (Fsp3) is 0.250. The molecule has 0 aliphatic rings. The lowest BCUT2D eigenvalue weighted by Crippen LogP contribution is -2.08. The molecule has 1 aromatic rings. The zero-order valence-corrected chi connectivity index (χ0v) is 8.20. The Balaban J connectivity index is 3.21. The van der Waals surface area contributed by atoms with Crippen LogP contribution in [0.5, 0.6) is 0 Å². The van der Waals surface area contributed by atoms with Gasteiger partial charge in [0.1, 0.15) is 0 Å². The van der Waals surface area contributed by atoms with E-state index in [0.29, 0.717) is 0 Å². The number of benzene rings is 1. The molecule has 0 radical (unpaired) electrons. The number of nitrogens with two attached hydrogens (primary N) is 1. The number of aryl methyl sites for hydroxylation is 2. The predicted molar refractivity (Wildman–Crippen MR) is 51.4 cm³/mol. The van der Waals surface area contributed by atoms with Gasteiger partial charge in [-0.25, -0.2) is 0 Å². The minimum atomic E-state index is 0.978. The summed E-state index contributed by atoms with van der Waals surface area (Å²) in [6.07, 6.45) is 0. The van der Waals surface area contributed by atoms with Gasteiger partial charge >= 0.3 is 0 Å². The van der Waals surface area contributed by atoms with E-state index < -0.39 is 0 Å². The lowest BCUT2D eigenvalue weighted by molar-refractivity contribution is 1.28. The molecule has 0 aromatic heterocycles. The molecular formula is C8H11BrN2. The molecule has 0 saturated carbocycles. The molecule has 0 saturated heterocycles. The Kier molecular flexibility index (Phi) is 2.52. The summed E-state index contributed by atoms with van der Waals surface area (Å²) in [5.41, 5.74) is 5.95. The quantitative estimate of drug-likeness (QED) is 0.557. The van der Waals surface area contributed by atoms with Crippen LogP contribution in [-0.2, 0) is 0 Å². The molecule has 0 spiro atoms. The monoisotopic (exact) mass is 214 g/mol. The Morgan fingerprint density at radius 2 is 1.91 bits per heavy atom. The molecule has 0 amide bonds. The van der Waals surface area contributed by atoms with Crippen molar-refractivity contribution in [1.82, 2.24) is 0 Å². The average molecular weight is 215 g/mol. The fourth-order valence-electron chi connectivity index (χ4n) is 0.936. The Bertz CT molecular complexity index is 271. The van der Waals surface area contributed by atoms with Crippen LogP contribution in [0.25, 0.3) is 0 Å². The van der Waals surface area contributed by atoms with Crippen molar-refractivity contribution >= 4 is 21.6 Å². The third-order valence-corrected chi connectivity index (χ3v) is 2.52. The van der Waals surface area contributed by atoms with E-state index in [2.05, 4.69) is 21.4 Å². The molecular weight excluding hydrogens is 204 g/mol. The van der Waals surface area contributed by atoms with Crippen LogP contribution in [0.15, 0.2) is 16.6 Å². The van der Waals surface area contributed by atoms with Crippen LogP contribution < -0.4 is 11.3 Å². The van der Waals surface area contributed by atoms with E-state index in [4.69, 9.17) is 5.84 Å². The molecule has 0 heterocycles. The maximum atomic E-state index is 5.30.